The molecule has 9 heteroatoms. The summed E-state index contributed by atoms with van der Waals surface area (Å²) in [6, 6.07) is 7.07. The maximum atomic E-state index is 11.4. The van der Waals surface area contributed by atoms with Crippen LogP contribution in [-0.2, 0) is 25.7 Å². The molecule has 0 aliphatic rings. The molecule has 0 aliphatic heterocycles. The minimum absolute atomic E-state index is 0.000642. The first kappa shape index (κ1) is 18.0. The molecule has 0 heterocycles. The second-order valence-corrected chi connectivity index (χ2v) is 4.43. The summed E-state index contributed by atoms with van der Waals surface area (Å²) in [4.78, 5) is 43.8. The highest BCUT2D eigenvalue weighted by molar-refractivity contribution is 5.87. The van der Waals surface area contributed by atoms with Crippen molar-refractivity contribution in [3.8, 4) is 0 Å². The van der Waals surface area contributed by atoms with Crippen molar-refractivity contribution >= 4 is 23.9 Å². The number of benzene rings is 1. The quantitative estimate of drug-likeness (QED) is 0.528. The number of rotatable bonds is 8. The van der Waals surface area contributed by atoms with Gasteiger partial charge in [-0.2, -0.15) is 0 Å². The third kappa shape index (κ3) is 7.46. The van der Waals surface area contributed by atoms with E-state index >= 15 is 0 Å². The van der Waals surface area contributed by atoms with Crippen LogP contribution in [0.3, 0.4) is 0 Å². The number of hydrogen-bond acceptors (Lipinski definition) is 7. The summed E-state index contributed by atoms with van der Waals surface area (Å²) >= 11 is 0. The fourth-order valence-corrected chi connectivity index (χ4v) is 1.53. The van der Waals surface area contributed by atoms with Gasteiger partial charge in [0.1, 0.15) is 13.2 Å². The van der Waals surface area contributed by atoms with Gasteiger partial charge in [-0.15, -0.1) is 0 Å². The third-order valence-corrected chi connectivity index (χ3v) is 2.60. The Morgan fingerprint density at radius 2 is 1.74 bits per heavy atom. The van der Waals surface area contributed by atoms with Crippen molar-refractivity contribution < 1.29 is 34.1 Å². The molecule has 124 valence electrons. The van der Waals surface area contributed by atoms with E-state index in [2.05, 4.69) is 5.32 Å². The molecule has 0 spiro atoms. The van der Waals surface area contributed by atoms with Gasteiger partial charge in [0.15, 0.2) is 0 Å². The number of amides is 2. The second kappa shape index (κ2) is 9.03. The van der Waals surface area contributed by atoms with E-state index in [1.807, 2.05) is 5.32 Å². The highest BCUT2D eigenvalue weighted by Crippen LogP contribution is 2.00. The lowest BCUT2D eigenvalue weighted by molar-refractivity contribution is -0.317. The van der Waals surface area contributed by atoms with E-state index in [-0.39, 0.29) is 6.61 Å². The van der Waals surface area contributed by atoms with Crippen LogP contribution in [0, 0.1) is 0 Å². The molecular formula is C14H14N2O7-2. The van der Waals surface area contributed by atoms with Crippen LogP contribution in [0.5, 0.6) is 0 Å². The number of ether oxygens (including phenoxy) is 1. The largest absolute Gasteiger partial charge is 0.550 e. The van der Waals surface area contributed by atoms with Crippen LogP contribution in [-0.4, -0.2) is 36.5 Å². The van der Waals surface area contributed by atoms with Crippen molar-refractivity contribution in [3.05, 3.63) is 35.9 Å². The highest BCUT2D eigenvalue weighted by Gasteiger charge is 2.14. The van der Waals surface area contributed by atoms with Gasteiger partial charge in [-0.1, -0.05) is 30.3 Å². The van der Waals surface area contributed by atoms with E-state index < -0.39 is 42.9 Å². The maximum absolute atomic E-state index is 11.4. The molecule has 0 saturated carbocycles. The second-order valence-electron chi connectivity index (χ2n) is 4.43. The van der Waals surface area contributed by atoms with Crippen LogP contribution in [0.15, 0.2) is 30.3 Å². The first-order chi connectivity index (χ1) is 10.9. The normalized spacial score (nSPS) is 11.1. The number of alkyl carbamates (subject to hydrolysis) is 1. The van der Waals surface area contributed by atoms with E-state index in [9.17, 15) is 29.4 Å². The van der Waals surface area contributed by atoms with Crippen molar-refractivity contribution in [1.29, 1.82) is 0 Å². The smallest absolute Gasteiger partial charge is 0.407 e. The van der Waals surface area contributed by atoms with E-state index in [1.54, 1.807) is 30.3 Å². The number of hydrogen-bond donors (Lipinski definition) is 2. The molecule has 0 radical (unpaired) electrons. The van der Waals surface area contributed by atoms with Gasteiger partial charge in [-0.3, -0.25) is 4.79 Å². The first-order valence-corrected chi connectivity index (χ1v) is 6.53. The number of carbonyl (C=O) groups is 4. The fourth-order valence-electron chi connectivity index (χ4n) is 1.53. The Kier molecular flexibility index (Phi) is 7.05. The van der Waals surface area contributed by atoms with Crippen LogP contribution >= 0.6 is 0 Å². The van der Waals surface area contributed by atoms with Gasteiger partial charge in [0, 0.05) is 12.4 Å². The molecular weight excluding hydrogens is 308 g/mol. The van der Waals surface area contributed by atoms with E-state index in [0.29, 0.717) is 0 Å². The molecule has 23 heavy (non-hydrogen) atoms. The number of carboxylic acids is 2. The Labute approximate surface area is 131 Å². The molecule has 0 fully saturated rings. The molecule has 0 saturated heterocycles. The Morgan fingerprint density at radius 3 is 2.30 bits per heavy atom. The summed E-state index contributed by atoms with van der Waals surface area (Å²) in [7, 11) is 0. The predicted octanol–water partition coefficient (Wildman–Crippen LogP) is -2.71. The van der Waals surface area contributed by atoms with E-state index in [0.717, 1.165) is 5.56 Å². The molecule has 1 atom stereocenters. The van der Waals surface area contributed by atoms with Gasteiger partial charge in [-0.25, -0.2) is 4.79 Å². The van der Waals surface area contributed by atoms with Crippen molar-refractivity contribution in [3.63, 3.8) is 0 Å². The van der Waals surface area contributed by atoms with Gasteiger partial charge in [0.05, 0.1) is 12.0 Å². The van der Waals surface area contributed by atoms with Crippen LogP contribution in [0.1, 0.15) is 12.0 Å². The van der Waals surface area contributed by atoms with Crippen molar-refractivity contribution in [1.82, 2.24) is 10.6 Å². The average molecular weight is 322 g/mol. The lowest BCUT2D eigenvalue weighted by Gasteiger charge is -2.20. The monoisotopic (exact) mass is 322 g/mol. The van der Waals surface area contributed by atoms with E-state index in [4.69, 9.17) is 4.74 Å². The highest BCUT2D eigenvalue weighted by atomic mass is 16.5. The summed E-state index contributed by atoms with van der Waals surface area (Å²) in [6.07, 6.45) is -1.82. The van der Waals surface area contributed by atoms with Crippen LogP contribution in [0.2, 0.25) is 0 Å². The van der Waals surface area contributed by atoms with Crippen LogP contribution < -0.4 is 20.8 Å². The molecule has 2 amide bonds. The lowest BCUT2D eigenvalue weighted by Crippen LogP contribution is -2.52. The molecule has 0 aromatic heterocycles. The molecule has 0 unspecified atom stereocenters. The van der Waals surface area contributed by atoms with Gasteiger partial charge in [-0.05, 0) is 5.56 Å². The van der Waals surface area contributed by atoms with Gasteiger partial charge in [0.25, 0.3) is 0 Å². The molecule has 1 aromatic rings. The molecule has 0 aliphatic carbocycles. The molecule has 1 aromatic carbocycles. The number of carboxylic acid groups (broad SMARTS) is 2. The summed E-state index contributed by atoms with van der Waals surface area (Å²) in [5.74, 6) is -4.33. The van der Waals surface area contributed by atoms with Gasteiger partial charge in [0.2, 0.25) is 5.91 Å². The van der Waals surface area contributed by atoms with Crippen molar-refractivity contribution in [2.24, 2.45) is 0 Å². The number of carbonyl (C=O) groups excluding carboxylic acids is 4. The standard InChI is InChI=1S/C14H16N2O7/c17-11(16-10(13(20)21)6-12(18)19)7-15-14(22)23-8-9-4-2-1-3-5-9/h1-5,10H,6-8H2,(H,15,22)(H,16,17)(H,18,19)(H,20,21)/p-2/t10-/m0/s1. The first-order valence-electron chi connectivity index (χ1n) is 6.53. The minimum atomic E-state index is -1.77. The SMILES string of the molecule is O=C([O-])C[C@H](NC(=O)CNC(=O)OCc1ccccc1)C(=O)[O-]. The zero-order chi connectivity index (χ0) is 17.2. The molecule has 0 bridgehead atoms. The Bertz CT molecular complexity index is 574. The fraction of sp³-hybridized carbons (Fsp3) is 0.286. The number of aliphatic carboxylic acids is 2. The Hall–Kier alpha value is -3.10. The third-order valence-electron chi connectivity index (χ3n) is 2.60. The average Bonchev–Trinajstić information content (AvgIpc) is 2.50. The topological polar surface area (TPSA) is 148 Å². The number of nitrogens with one attached hydrogen (secondary N) is 2. The summed E-state index contributed by atoms with van der Waals surface area (Å²) in [5, 5.41) is 25.0. The summed E-state index contributed by atoms with van der Waals surface area (Å²) in [6.45, 7) is -0.578. The van der Waals surface area contributed by atoms with Gasteiger partial charge < -0.3 is 35.2 Å². The van der Waals surface area contributed by atoms with Crippen molar-refractivity contribution in [2.45, 2.75) is 19.1 Å². The zero-order valence-corrected chi connectivity index (χ0v) is 11.9. The predicted molar refractivity (Wildman–Crippen MR) is 71.2 cm³/mol. The molecule has 1 rings (SSSR count). The lowest BCUT2D eigenvalue weighted by atomic mass is 10.2. The maximum Gasteiger partial charge on any atom is 0.407 e. The molecule has 2 N–H and O–H groups in total. The zero-order valence-electron chi connectivity index (χ0n) is 11.9. The summed E-state index contributed by atoms with van der Waals surface area (Å²) < 4.78 is 4.83. The van der Waals surface area contributed by atoms with Crippen molar-refractivity contribution in [2.75, 3.05) is 6.54 Å². The van der Waals surface area contributed by atoms with E-state index in [1.165, 1.54) is 0 Å². The Balaban J connectivity index is 2.32. The summed E-state index contributed by atoms with van der Waals surface area (Å²) in [5.41, 5.74) is 0.748. The minimum Gasteiger partial charge on any atom is -0.550 e. The van der Waals surface area contributed by atoms with Gasteiger partial charge >= 0.3 is 6.09 Å². The van der Waals surface area contributed by atoms with Crippen LogP contribution in [0.4, 0.5) is 4.79 Å². The Morgan fingerprint density at radius 1 is 1.09 bits per heavy atom. The van der Waals surface area contributed by atoms with Crippen LogP contribution in [0.25, 0.3) is 0 Å². The molecule has 9 nitrogen and oxygen atoms in total.